The van der Waals surface area contributed by atoms with E-state index in [4.69, 9.17) is 4.74 Å². The number of carbonyl (C=O) groups is 1. The molecule has 1 amide bonds. The molecule has 0 spiro atoms. The molecule has 2 aliphatic heterocycles. The summed E-state index contributed by atoms with van der Waals surface area (Å²) in [6, 6.07) is 8.98. The quantitative estimate of drug-likeness (QED) is 0.315. The third kappa shape index (κ3) is 5.50. The van der Waals surface area contributed by atoms with Gasteiger partial charge in [0, 0.05) is 29.4 Å². The average molecular weight is 565 g/mol. The van der Waals surface area contributed by atoms with E-state index >= 15 is 0 Å². The van der Waals surface area contributed by atoms with Crippen LogP contribution in [-0.4, -0.2) is 63.3 Å². The number of hydrogen-bond donors (Lipinski definition) is 0. The van der Waals surface area contributed by atoms with Crippen LogP contribution in [0.25, 0.3) is 22.3 Å². The number of hydrogen-bond acceptors (Lipinski definition) is 6. The van der Waals surface area contributed by atoms with E-state index in [9.17, 15) is 18.0 Å². The molecule has 2 aromatic heterocycles. The van der Waals surface area contributed by atoms with Gasteiger partial charge in [-0.05, 0) is 80.7 Å². The van der Waals surface area contributed by atoms with Crippen molar-refractivity contribution < 1.29 is 22.7 Å². The summed E-state index contributed by atoms with van der Waals surface area (Å²) in [4.78, 5) is 26.8. The maximum atomic E-state index is 13.8. The van der Waals surface area contributed by atoms with Gasteiger partial charge in [0.05, 0.1) is 30.4 Å². The van der Waals surface area contributed by atoms with Crippen molar-refractivity contribution in [1.82, 2.24) is 24.6 Å². The summed E-state index contributed by atoms with van der Waals surface area (Å²) in [5.41, 5.74) is 2.41. The predicted molar refractivity (Wildman–Crippen MR) is 149 cm³/mol. The van der Waals surface area contributed by atoms with Crippen molar-refractivity contribution in [3.8, 4) is 17.1 Å². The van der Waals surface area contributed by atoms with Gasteiger partial charge in [-0.15, -0.1) is 0 Å². The molecule has 41 heavy (non-hydrogen) atoms. The minimum Gasteiger partial charge on any atom is -0.488 e. The first-order chi connectivity index (χ1) is 19.7. The summed E-state index contributed by atoms with van der Waals surface area (Å²) in [5, 5.41) is 4.79. The number of fused-ring (bicyclic) bond motifs is 2. The highest BCUT2D eigenvalue weighted by atomic mass is 19.4. The molecule has 0 bridgehead atoms. The lowest BCUT2D eigenvalue weighted by atomic mass is 9.99. The zero-order valence-electron chi connectivity index (χ0n) is 23.0. The van der Waals surface area contributed by atoms with E-state index in [2.05, 4.69) is 26.9 Å². The van der Waals surface area contributed by atoms with E-state index < -0.39 is 11.7 Å². The Labute approximate surface area is 235 Å². The van der Waals surface area contributed by atoms with Crippen LogP contribution in [0.3, 0.4) is 0 Å². The van der Waals surface area contributed by atoms with Crippen molar-refractivity contribution in [2.24, 2.45) is 5.92 Å². The van der Waals surface area contributed by atoms with Gasteiger partial charge < -0.3 is 14.5 Å². The number of aromatic nitrogens is 4. The van der Waals surface area contributed by atoms with Gasteiger partial charge in [-0.1, -0.05) is 6.92 Å². The van der Waals surface area contributed by atoms with E-state index in [1.807, 2.05) is 25.1 Å². The molecule has 2 aliphatic rings. The number of aryl methyl sites for hydroxylation is 1. The Hall–Kier alpha value is -3.99. The number of anilines is 1. The van der Waals surface area contributed by atoms with Crippen molar-refractivity contribution in [2.75, 3.05) is 37.7 Å². The zero-order valence-corrected chi connectivity index (χ0v) is 23.0. The smallest absolute Gasteiger partial charge is 0.416 e. The maximum absolute atomic E-state index is 13.8. The summed E-state index contributed by atoms with van der Waals surface area (Å²) < 4.78 is 46.9. The fraction of sp³-hybridized carbons (Fsp3) is 0.400. The number of rotatable bonds is 5. The topological polar surface area (TPSA) is 76.4 Å². The lowest BCUT2D eigenvalue weighted by molar-refractivity contribution is -0.137. The van der Waals surface area contributed by atoms with Gasteiger partial charge in [0.1, 0.15) is 6.61 Å². The van der Waals surface area contributed by atoms with Crippen molar-refractivity contribution in [2.45, 2.75) is 39.4 Å². The van der Waals surface area contributed by atoms with Crippen LogP contribution in [0.2, 0.25) is 0 Å². The molecule has 0 N–H and O–H groups in total. The van der Waals surface area contributed by atoms with Crippen molar-refractivity contribution >= 4 is 22.5 Å². The lowest BCUT2D eigenvalue weighted by Crippen LogP contribution is -2.37. The van der Waals surface area contributed by atoms with Crippen LogP contribution >= 0.6 is 0 Å². The number of carbonyl (C=O) groups excluding carboxylic acids is 1. The number of alkyl halides is 3. The number of ether oxygens (including phenoxy) is 1. The van der Waals surface area contributed by atoms with Crippen LogP contribution in [0.5, 0.6) is 5.75 Å². The maximum Gasteiger partial charge on any atom is 0.416 e. The number of piperidine rings is 1. The van der Waals surface area contributed by atoms with Gasteiger partial charge >= 0.3 is 6.18 Å². The van der Waals surface area contributed by atoms with Crippen LogP contribution in [0.4, 0.5) is 18.9 Å². The summed E-state index contributed by atoms with van der Waals surface area (Å²) in [5.74, 6) is 1.48. The van der Waals surface area contributed by atoms with Gasteiger partial charge in [-0.25, -0.2) is 9.97 Å². The number of halogens is 3. The lowest BCUT2D eigenvalue weighted by Gasteiger charge is -2.30. The molecule has 0 radical (unpaired) electrons. The van der Waals surface area contributed by atoms with E-state index in [0.29, 0.717) is 53.4 Å². The number of likely N-dealkylation sites (tertiary alicyclic amines) is 1. The van der Waals surface area contributed by atoms with Gasteiger partial charge in [0.2, 0.25) is 0 Å². The molecule has 6 rings (SSSR count). The Bertz CT molecular complexity index is 1590. The first kappa shape index (κ1) is 27.2. The van der Waals surface area contributed by atoms with Crippen molar-refractivity contribution in [1.29, 1.82) is 0 Å². The van der Waals surface area contributed by atoms with Crippen molar-refractivity contribution in [3.63, 3.8) is 0 Å². The molecule has 214 valence electrons. The SMILES string of the molecule is Cc1cc(-c2ncc3cc(C(F)(F)F)ccc3n2)ccc1N1CCOc2cnn(CCN3CCC(C)CC3)c2C1=O. The molecule has 0 saturated carbocycles. The Morgan fingerprint density at radius 3 is 2.59 bits per heavy atom. The predicted octanol–water partition coefficient (Wildman–Crippen LogP) is 5.59. The van der Waals surface area contributed by atoms with E-state index in [1.54, 1.807) is 15.8 Å². The van der Waals surface area contributed by atoms with E-state index in [1.165, 1.54) is 25.1 Å². The molecule has 4 aromatic rings. The third-order valence-electron chi connectivity index (χ3n) is 7.98. The van der Waals surface area contributed by atoms with Gasteiger partial charge in [0.25, 0.3) is 5.91 Å². The molecule has 1 fully saturated rings. The van der Waals surface area contributed by atoms with Gasteiger partial charge in [-0.3, -0.25) is 9.48 Å². The molecule has 2 aromatic carbocycles. The first-order valence-corrected chi connectivity index (χ1v) is 13.9. The van der Waals surface area contributed by atoms with Crippen LogP contribution in [-0.2, 0) is 12.7 Å². The second kappa shape index (κ2) is 10.8. The Morgan fingerprint density at radius 2 is 1.83 bits per heavy atom. The minimum atomic E-state index is -4.43. The van der Waals surface area contributed by atoms with Crippen molar-refractivity contribution in [3.05, 3.63) is 65.6 Å². The van der Waals surface area contributed by atoms with Crippen LogP contribution < -0.4 is 9.64 Å². The van der Waals surface area contributed by atoms with Crippen LogP contribution in [0, 0.1) is 12.8 Å². The number of benzene rings is 2. The van der Waals surface area contributed by atoms with Crippen LogP contribution in [0.1, 0.15) is 41.4 Å². The Kier molecular flexibility index (Phi) is 7.14. The summed E-state index contributed by atoms with van der Waals surface area (Å²) in [7, 11) is 0. The highest BCUT2D eigenvalue weighted by molar-refractivity contribution is 6.07. The summed E-state index contributed by atoms with van der Waals surface area (Å²) in [6.07, 6.45) is 0.968. The fourth-order valence-corrected chi connectivity index (χ4v) is 5.53. The van der Waals surface area contributed by atoms with Gasteiger partial charge in [-0.2, -0.15) is 18.3 Å². The fourth-order valence-electron chi connectivity index (χ4n) is 5.53. The highest BCUT2D eigenvalue weighted by Gasteiger charge is 2.31. The first-order valence-electron chi connectivity index (χ1n) is 13.9. The molecule has 11 heteroatoms. The molecular formula is C30H31F3N6O2. The molecule has 4 heterocycles. The van der Waals surface area contributed by atoms with Crippen LogP contribution in [0.15, 0.2) is 48.8 Å². The summed E-state index contributed by atoms with van der Waals surface area (Å²) in [6.45, 7) is 8.46. The Balaban J connectivity index is 1.23. The molecule has 0 unspecified atom stereocenters. The monoisotopic (exact) mass is 564 g/mol. The van der Waals surface area contributed by atoms with Gasteiger partial charge in [0.15, 0.2) is 17.3 Å². The van der Waals surface area contributed by atoms with E-state index in [0.717, 1.165) is 48.9 Å². The normalized spacial score (nSPS) is 17.0. The highest BCUT2D eigenvalue weighted by Crippen LogP contribution is 2.33. The van der Waals surface area contributed by atoms with E-state index in [-0.39, 0.29) is 5.91 Å². The standard InChI is InChI=1S/C30H31F3N6O2/c1-19-7-9-37(10-8-19)11-12-39-27-26(18-35-39)41-14-13-38(29(27)40)25-6-3-21(15-20(25)2)28-34-17-22-16-23(30(31,32)33)4-5-24(22)36-28/h3-6,15-19H,7-14H2,1-2H3. The minimum absolute atomic E-state index is 0.166. The summed E-state index contributed by atoms with van der Waals surface area (Å²) >= 11 is 0. The average Bonchev–Trinajstić information content (AvgIpc) is 3.29. The molecule has 1 saturated heterocycles. The molecule has 0 atom stereocenters. The Morgan fingerprint density at radius 1 is 1.02 bits per heavy atom. The number of nitrogens with zero attached hydrogens (tertiary/aromatic N) is 6. The molecule has 8 nitrogen and oxygen atoms in total. The zero-order chi connectivity index (χ0) is 28.7. The second-order valence-corrected chi connectivity index (χ2v) is 10.9. The molecular weight excluding hydrogens is 533 g/mol. The number of amides is 1. The second-order valence-electron chi connectivity index (χ2n) is 10.9. The third-order valence-corrected chi connectivity index (χ3v) is 7.98. The molecule has 0 aliphatic carbocycles. The largest absolute Gasteiger partial charge is 0.488 e.